The second-order valence-electron chi connectivity index (χ2n) is 2.37. The number of ether oxygens (including phenoxy) is 1. The molecule has 0 aliphatic carbocycles. The Kier molecular flexibility index (Phi) is 2.82. The van der Waals surface area contributed by atoms with Gasteiger partial charge in [-0.3, -0.25) is 4.90 Å². The molecule has 0 aromatic carbocycles. The molecule has 9 heavy (non-hydrogen) atoms. The molecule has 54 valence electrons. The van der Waals surface area contributed by atoms with E-state index < -0.39 is 0 Å². The van der Waals surface area contributed by atoms with Gasteiger partial charge in [-0.25, -0.2) is 0 Å². The van der Waals surface area contributed by atoms with Crippen LogP contribution in [0.5, 0.6) is 0 Å². The molecule has 3 heteroatoms. The van der Waals surface area contributed by atoms with Crippen LogP contribution in [0.2, 0.25) is 0 Å². The standard InChI is InChI=1S/C6H13NOS/c1-7(2)6-8-4-3-5-9-6/h6H,3-5H2,1-2H3. The second kappa shape index (κ2) is 3.44. The zero-order valence-corrected chi connectivity index (χ0v) is 6.78. The van der Waals surface area contributed by atoms with Crippen molar-refractivity contribution >= 4 is 11.8 Å². The molecule has 1 rings (SSSR count). The van der Waals surface area contributed by atoms with Gasteiger partial charge in [0.1, 0.15) is 0 Å². The molecule has 0 aromatic heterocycles. The van der Waals surface area contributed by atoms with Crippen molar-refractivity contribution in [1.82, 2.24) is 4.90 Å². The summed E-state index contributed by atoms with van der Waals surface area (Å²) in [6.07, 6.45) is 1.20. The highest BCUT2D eigenvalue weighted by Crippen LogP contribution is 2.20. The molecule has 0 spiro atoms. The van der Waals surface area contributed by atoms with Crippen LogP contribution in [0.25, 0.3) is 0 Å². The third-order valence-corrected chi connectivity index (χ3v) is 2.60. The van der Waals surface area contributed by atoms with Crippen LogP contribution in [0.3, 0.4) is 0 Å². The van der Waals surface area contributed by atoms with Crippen molar-refractivity contribution in [1.29, 1.82) is 0 Å². The molecule has 0 saturated carbocycles. The van der Waals surface area contributed by atoms with Gasteiger partial charge in [0.05, 0.1) is 6.61 Å². The Morgan fingerprint density at radius 3 is 2.67 bits per heavy atom. The minimum absolute atomic E-state index is 0.304. The van der Waals surface area contributed by atoms with Crippen LogP contribution >= 0.6 is 11.8 Å². The number of hydrogen-bond donors (Lipinski definition) is 0. The van der Waals surface area contributed by atoms with Crippen molar-refractivity contribution in [3.8, 4) is 0 Å². The molecule has 1 aliphatic heterocycles. The second-order valence-corrected chi connectivity index (χ2v) is 3.51. The number of nitrogens with zero attached hydrogens (tertiary/aromatic N) is 1. The summed E-state index contributed by atoms with van der Waals surface area (Å²) >= 11 is 1.87. The van der Waals surface area contributed by atoms with Crippen LogP contribution in [0.4, 0.5) is 0 Å². The first-order valence-electron chi connectivity index (χ1n) is 3.20. The van der Waals surface area contributed by atoms with Gasteiger partial charge < -0.3 is 4.74 Å². The molecule has 1 aliphatic rings. The van der Waals surface area contributed by atoms with Crippen molar-refractivity contribution in [3.63, 3.8) is 0 Å². The smallest absolute Gasteiger partial charge is 0.158 e. The van der Waals surface area contributed by atoms with E-state index in [1.54, 1.807) is 0 Å². The average Bonchev–Trinajstić information content (AvgIpc) is 1.90. The lowest BCUT2D eigenvalue weighted by Crippen LogP contribution is -2.31. The van der Waals surface area contributed by atoms with Crippen LogP contribution in [0.1, 0.15) is 6.42 Å². The van der Waals surface area contributed by atoms with Crippen LogP contribution in [-0.2, 0) is 4.74 Å². The maximum atomic E-state index is 5.43. The van der Waals surface area contributed by atoms with Crippen LogP contribution in [0, 0.1) is 0 Å². The lowest BCUT2D eigenvalue weighted by molar-refractivity contribution is 0.0223. The van der Waals surface area contributed by atoms with Gasteiger partial charge in [-0.1, -0.05) is 0 Å². The monoisotopic (exact) mass is 147 g/mol. The minimum Gasteiger partial charge on any atom is -0.354 e. The van der Waals surface area contributed by atoms with E-state index in [9.17, 15) is 0 Å². The summed E-state index contributed by atoms with van der Waals surface area (Å²) in [5.74, 6) is 1.24. The highest BCUT2D eigenvalue weighted by atomic mass is 32.2. The number of thioether (sulfide) groups is 1. The Morgan fingerprint density at radius 1 is 1.56 bits per heavy atom. The first kappa shape index (κ1) is 7.38. The van der Waals surface area contributed by atoms with Gasteiger partial charge in [-0.15, -0.1) is 11.8 Å². The summed E-state index contributed by atoms with van der Waals surface area (Å²) in [5.41, 5.74) is 0.304. The van der Waals surface area contributed by atoms with Gasteiger partial charge in [-0.2, -0.15) is 0 Å². The Balaban J connectivity index is 2.23. The fraction of sp³-hybridized carbons (Fsp3) is 1.00. The van der Waals surface area contributed by atoms with E-state index in [1.165, 1.54) is 12.2 Å². The first-order chi connectivity index (χ1) is 4.30. The van der Waals surface area contributed by atoms with E-state index in [0.717, 1.165) is 6.61 Å². The maximum Gasteiger partial charge on any atom is 0.158 e. The maximum absolute atomic E-state index is 5.43. The van der Waals surface area contributed by atoms with Gasteiger partial charge in [0, 0.05) is 0 Å². The quantitative estimate of drug-likeness (QED) is 0.548. The van der Waals surface area contributed by atoms with Gasteiger partial charge >= 0.3 is 0 Å². The van der Waals surface area contributed by atoms with Gasteiger partial charge in [0.15, 0.2) is 5.56 Å². The summed E-state index contributed by atoms with van der Waals surface area (Å²) in [5, 5.41) is 0. The molecule has 0 N–H and O–H groups in total. The predicted octanol–water partition coefficient (Wildman–Crippen LogP) is 0.985. The Morgan fingerprint density at radius 2 is 2.33 bits per heavy atom. The van der Waals surface area contributed by atoms with E-state index in [-0.39, 0.29) is 0 Å². The highest BCUT2D eigenvalue weighted by molar-refractivity contribution is 7.99. The van der Waals surface area contributed by atoms with E-state index in [4.69, 9.17) is 4.74 Å². The molecule has 0 bridgehead atoms. The molecule has 0 amide bonds. The summed E-state index contributed by atoms with van der Waals surface area (Å²) < 4.78 is 5.43. The van der Waals surface area contributed by atoms with Crippen molar-refractivity contribution in [2.75, 3.05) is 26.5 Å². The molecule has 1 heterocycles. The van der Waals surface area contributed by atoms with E-state index in [0.29, 0.717) is 5.56 Å². The molecule has 1 fully saturated rings. The lowest BCUT2D eigenvalue weighted by Gasteiger charge is -2.27. The van der Waals surface area contributed by atoms with Gasteiger partial charge in [-0.05, 0) is 26.3 Å². The molecule has 1 unspecified atom stereocenters. The zero-order chi connectivity index (χ0) is 6.69. The summed E-state index contributed by atoms with van der Waals surface area (Å²) in [6, 6.07) is 0. The summed E-state index contributed by atoms with van der Waals surface area (Å²) in [6.45, 7) is 0.926. The van der Waals surface area contributed by atoms with Crippen molar-refractivity contribution in [3.05, 3.63) is 0 Å². The number of hydrogen-bond acceptors (Lipinski definition) is 3. The largest absolute Gasteiger partial charge is 0.354 e. The molecule has 2 nitrogen and oxygen atoms in total. The Hall–Kier alpha value is 0.270. The highest BCUT2D eigenvalue weighted by Gasteiger charge is 2.15. The van der Waals surface area contributed by atoms with E-state index >= 15 is 0 Å². The van der Waals surface area contributed by atoms with E-state index in [1.807, 2.05) is 25.9 Å². The fourth-order valence-corrected chi connectivity index (χ4v) is 1.75. The molecular formula is C6H13NOS. The van der Waals surface area contributed by atoms with Crippen molar-refractivity contribution < 1.29 is 4.74 Å². The minimum atomic E-state index is 0.304. The first-order valence-corrected chi connectivity index (χ1v) is 4.25. The Bertz CT molecular complexity index is 81.1. The van der Waals surface area contributed by atoms with Crippen LogP contribution in [-0.4, -0.2) is 36.9 Å². The van der Waals surface area contributed by atoms with Crippen molar-refractivity contribution in [2.45, 2.75) is 12.0 Å². The molecule has 1 atom stereocenters. The lowest BCUT2D eigenvalue weighted by atomic mass is 10.5. The SMILES string of the molecule is CN(C)C1OCCCS1. The normalized spacial score (nSPS) is 29.0. The van der Waals surface area contributed by atoms with Gasteiger partial charge in [0.2, 0.25) is 0 Å². The molecule has 0 radical (unpaired) electrons. The topological polar surface area (TPSA) is 12.5 Å². The molecular weight excluding hydrogens is 134 g/mol. The third-order valence-electron chi connectivity index (χ3n) is 1.23. The van der Waals surface area contributed by atoms with Gasteiger partial charge in [0.25, 0.3) is 0 Å². The summed E-state index contributed by atoms with van der Waals surface area (Å²) in [4.78, 5) is 2.10. The van der Waals surface area contributed by atoms with E-state index in [2.05, 4.69) is 4.90 Å². The zero-order valence-electron chi connectivity index (χ0n) is 5.96. The predicted molar refractivity (Wildman–Crippen MR) is 40.5 cm³/mol. The number of rotatable bonds is 1. The van der Waals surface area contributed by atoms with Crippen LogP contribution in [0.15, 0.2) is 0 Å². The molecule has 1 saturated heterocycles. The third kappa shape index (κ3) is 2.16. The fourth-order valence-electron chi connectivity index (χ4n) is 0.773. The van der Waals surface area contributed by atoms with Crippen molar-refractivity contribution in [2.24, 2.45) is 0 Å². The molecule has 0 aromatic rings. The average molecular weight is 147 g/mol. The Labute approximate surface area is 60.6 Å². The van der Waals surface area contributed by atoms with Crippen LogP contribution < -0.4 is 0 Å². The summed E-state index contributed by atoms with van der Waals surface area (Å²) in [7, 11) is 4.09.